The average Bonchev–Trinajstić information content (AvgIpc) is 3.30. The van der Waals surface area contributed by atoms with Gasteiger partial charge in [0.15, 0.2) is 5.82 Å². The van der Waals surface area contributed by atoms with E-state index in [0.29, 0.717) is 48.5 Å². The van der Waals surface area contributed by atoms with Crippen LogP contribution < -0.4 is 16.2 Å². The number of carbonyl (C=O) groups is 1. The van der Waals surface area contributed by atoms with Crippen molar-refractivity contribution in [3.05, 3.63) is 69.8 Å². The smallest absolute Gasteiger partial charge is 0.273 e. The molecule has 1 amide bonds. The standard InChI is InChI=1S/C26H25FN8O2/c1-15-11-17(14-28)12-20(27)25(15)35-22(36)13-21-24(32-35)23(31-30-21)18-3-5-19(6-4-18)33-7-9-34(10-8-33)26(37)16(2)29/h3-6,11-13,16,30H,7-10,29H2,1-2H3. The fourth-order valence-electron chi connectivity index (χ4n) is 4.62. The number of amides is 1. The van der Waals surface area contributed by atoms with Crippen LogP contribution in [0.2, 0.25) is 0 Å². The van der Waals surface area contributed by atoms with E-state index in [4.69, 9.17) is 11.0 Å². The highest BCUT2D eigenvalue weighted by molar-refractivity contribution is 5.89. The number of H-pyrrole nitrogens is 1. The van der Waals surface area contributed by atoms with Crippen LogP contribution in [0.4, 0.5) is 10.1 Å². The number of aryl methyl sites for hydroxylation is 1. The second-order valence-corrected chi connectivity index (χ2v) is 9.11. The second kappa shape index (κ2) is 9.48. The fraction of sp³-hybridized carbons (Fsp3) is 0.269. The molecule has 0 radical (unpaired) electrons. The number of fused-ring (bicyclic) bond motifs is 1. The molecule has 3 heterocycles. The first-order chi connectivity index (χ1) is 17.8. The summed E-state index contributed by atoms with van der Waals surface area (Å²) in [6, 6.07) is 13.1. The Bertz CT molecular complexity index is 1570. The minimum absolute atomic E-state index is 0.00458. The topological polar surface area (TPSA) is 137 Å². The monoisotopic (exact) mass is 500 g/mol. The molecule has 1 unspecified atom stereocenters. The van der Waals surface area contributed by atoms with Gasteiger partial charge in [0.25, 0.3) is 5.56 Å². The van der Waals surface area contributed by atoms with Gasteiger partial charge in [0, 0.05) is 43.5 Å². The zero-order chi connectivity index (χ0) is 26.3. The number of carbonyl (C=O) groups excluding carboxylic acids is 1. The number of nitrogens with two attached hydrogens (primary N) is 1. The summed E-state index contributed by atoms with van der Waals surface area (Å²) in [5, 5.41) is 20.7. The summed E-state index contributed by atoms with van der Waals surface area (Å²) >= 11 is 0. The summed E-state index contributed by atoms with van der Waals surface area (Å²) in [6.07, 6.45) is 0. The zero-order valence-corrected chi connectivity index (χ0v) is 20.4. The Balaban J connectivity index is 1.44. The predicted octanol–water partition coefficient (Wildman–Crippen LogP) is 2.09. The van der Waals surface area contributed by atoms with Crippen LogP contribution in [-0.2, 0) is 4.79 Å². The minimum atomic E-state index is -0.706. The molecule has 188 valence electrons. The molecule has 10 nitrogen and oxygen atoms in total. The van der Waals surface area contributed by atoms with Gasteiger partial charge in [-0.3, -0.25) is 14.7 Å². The lowest BCUT2D eigenvalue weighted by Gasteiger charge is -2.36. The summed E-state index contributed by atoms with van der Waals surface area (Å²) in [5.74, 6) is -0.745. The van der Waals surface area contributed by atoms with Crippen molar-refractivity contribution < 1.29 is 9.18 Å². The molecule has 2 aromatic carbocycles. The van der Waals surface area contributed by atoms with E-state index in [-0.39, 0.29) is 17.2 Å². The van der Waals surface area contributed by atoms with E-state index in [1.807, 2.05) is 30.3 Å². The Hall–Kier alpha value is -4.56. The number of nitriles is 1. The zero-order valence-electron chi connectivity index (χ0n) is 20.4. The van der Waals surface area contributed by atoms with Crippen molar-refractivity contribution in [1.29, 1.82) is 5.26 Å². The van der Waals surface area contributed by atoms with Crippen molar-refractivity contribution in [1.82, 2.24) is 24.9 Å². The Morgan fingerprint density at radius 1 is 1.16 bits per heavy atom. The molecule has 1 fully saturated rings. The number of nitrogens with one attached hydrogen (secondary N) is 1. The Kier molecular flexibility index (Phi) is 6.19. The lowest BCUT2D eigenvalue weighted by Crippen LogP contribution is -2.52. The molecule has 2 aromatic heterocycles. The van der Waals surface area contributed by atoms with E-state index in [1.165, 1.54) is 12.1 Å². The van der Waals surface area contributed by atoms with Crippen LogP contribution in [0.5, 0.6) is 0 Å². The van der Waals surface area contributed by atoms with Gasteiger partial charge >= 0.3 is 0 Å². The largest absolute Gasteiger partial charge is 0.368 e. The average molecular weight is 501 g/mol. The first-order valence-electron chi connectivity index (χ1n) is 11.9. The molecular formula is C26H25FN8O2. The van der Waals surface area contributed by atoms with Gasteiger partial charge in [-0.1, -0.05) is 12.1 Å². The van der Waals surface area contributed by atoms with Gasteiger partial charge in [-0.05, 0) is 43.7 Å². The van der Waals surface area contributed by atoms with Crippen LogP contribution in [0.1, 0.15) is 18.1 Å². The van der Waals surface area contributed by atoms with Crippen molar-refractivity contribution in [2.75, 3.05) is 31.1 Å². The summed E-state index contributed by atoms with van der Waals surface area (Å²) in [6.45, 7) is 5.94. The van der Waals surface area contributed by atoms with E-state index >= 15 is 0 Å². The van der Waals surface area contributed by atoms with Gasteiger partial charge in [0.05, 0.1) is 23.2 Å². The number of hydrogen-bond acceptors (Lipinski definition) is 7. The number of benzene rings is 2. The van der Waals surface area contributed by atoms with Crippen LogP contribution in [0.3, 0.4) is 0 Å². The molecule has 1 aliphatic heterocycles. The molecule has 1 atom stereocenters. The summed E-state index contributed by atoms with van der Waals surface area (Å²) in [4.78, 5) is 28.9. The Morgan fingerprint density at radius 3 is 2.49 bits per heavy atom. The molecule has 11 heteroatoms. The molecule has 0 bridgehead atoms. The van der Waals surface area contributed by atoms with E-state index < -0.39 is 17.4 Å². The summed E-state index contributed by atoms with van der Waals surface area (Å²) in [7, 11) is 0. The van der Waals surface area contributed by atoms with Crippen molar-refractivity contribution >= 4 is 22.6 Å². The van der Waals surface area contributed by atoms with Gasteiger partial charge in [-0.15, -0.1) is 0 Å². The van der Waals surface area contributed by atoms with Crippen LogP contribution in [0.25, 0.3) is 28.0 Å². The molecule has 0 saturated carbocycles. The number of aromatic amines is 1. The molecule has 37 heavy (non-hydrogen) atoms. The number of rotatable bonds is 4. The normalized spacial score (nSPS) is 14.6. The lowest BCUT2D eigenvalue weighted by molar-refractivity contribution is -0.132. The molecule has 5 rings (SSSR count). The van der Waals surface area contributed by atoms with Crippen molar-refractivity contribution in [2.24, 2.45) is 5.73 Å². The molecule has 0 spiro atoms. The van der Waals surface area contributed by atoms with Crippen LogP contribution in [0, 0.1) is 24.1 Å². The van der Waals surface area contributed by atoms with Crippen LogP contribution in [0.15, 0.2) is 47.3 Å². The SMILES string of the molecule is Cc1cc(C#N)cc(F)c1-n1nc2c(-c3ccc(N4CCN(C(=O)C(C)N)CC4)cc3)n[nH]c2cc1=O. The predicted molar refractivity (Wildman–Crippen MR) is 137 cm³/mol. The summed E-state index contributed by atoms with van der Waals surface area (Å²) in [5.41, 5.74) is 8.94. The Morgan fingerprint density at radius 2 is 1.86 bits per heavy atom. The van der Waals surface area contributed by atoms with Gasteiger partial charge in [0.2, 0.25) is 5.91 Å². The van der Waals surface area contributed by atoms with E-state index in [9.17, 15) is 14.0 Å². The number of hydrogen-bond donors (Lipinski definition) is 2. The molecule has 0 aliphatic carbocycles. The Labute approximate surface area is 211 Å². The van der Waals surface area contributed by atoms with Gasteiger partial charge in [0.1, 0.15) is 16.9 Å². The second-order valence-electron chi connectivity index (χ2n) is 9.11. The maximum absolute atomic E-state index is 14.8. The number of aromatic nitrogens is 4. The first kappa shape index (κ1) is 24.1. The lowest BCUT2D eigenvalue weighted by atomic mass is 10.1. The molecular weight excluding hydrogens is 475 g/mol. The van der Waals surface area contributed by atoms with Crippen LogP contribution >= 0.6 is 0 Å². The number of nitrogens with zero attached hydrogens (tertiary/aromatic N) is 6. The number of halogens is 1. The maximum Gasteiger partial charge on any atom is 0.273 e. The molecule has 4 aromatic rings. The van der Waals surface area contributed by atoms with Gasteiger partial charge < -0.3 is 15.5 Å². The number of piperazine rings is 1. The van der Waals surface area contributed by atoms with E-state index in [2.05, 4.69) is 20.2 Å². The van der Waals surface area contributed by atoms with E-state index in [1.54, 1.807) is 18.7 Å². The van der Waals surface area contributed by atoms with Gasteiger partial charge in [-0.2, -0.15) is 20.1 Å². The molecule has 1 aliphatic rings. The quantitative estimate of drug-likeness (QED) is 0.438. The minimum Gasteiger partial charge on any atom is -0.368 e. The highest BCUT2D eigenvalue weighted by Gasteiger charge is 2.23. The number of anilines is 1. The van der Waals surface area contributed by atoms with Crippen molar-refractivity contribution in [2.45, 2.75) is 19.9 Å². The molecule has 1 saturated heterocycles. The summed E-state index contributed by atoms with van der Waals surface area (Å²) < 4.78 is 15.8. The highest BCUT2D eigenvalue weighted by Crippen LogP contribution is 2.28. The van der Waals surface area contributed by atoms with Crippen molar-refractivity contribution in [3.8, 4) is 23.0 Å². The van der Waals surface area contributed by atoms with E-state index in [0.717, 1.165) is 22.0 Å². The third kappa shape index (κ3) is 4.43. The van der Waals surface area contributed by atoms with Gasteiger partial charge in [-0.25, -0.2) is 4.39 Å². The fourth-order valence-corrected chi connectivity index (χ4v) is 4.62. The third-order valence-electron chi connectivity index (χ3n) is 6.53. The maximum atomic E-state index is 14.8. The first-order valence-corrected chi connectivity index (χ1v) is 11.9. The molecule has 3 N–H and O–H groups in total. The van der Waals surface area contributed by atoms with Crippen molar-refractivity contribution in [3.63, 3.8) is 0 Å². The third-order valence-corrected chi connectivity index (χ3v) is 6.53. The highest BCUT2D eigenvalue weighted by atomic mass is 19.1. The van der Waals surface area contributed by atoms with Crippen LogP contribution in [-0.4, -0.2) is 63.0 Å².